The molecule has 1 fully saturated rings. The number of sulfonamides is 1. The minimum Gasteiger partial charge on any atom is -0.481 e. The van der Waals surface area contributed by atoms with Crippen LogP contribution in [0.5, 0.6) is 0 Å². The normalized spacial score (nSPS) is 18.6. The molecule has 0 atom stereocenters. The van der Waals surface area contributed by atoms with Crippen molar-refractivity contribution in [3.63, 3.8) is 0 Å². The van der Waals surface area contributed by atoms with Gasteiger partial charge in [-0.3, -0.25) is 4.79 Å². The predicted molar refractivity (Wildman–Crippen MR) is 67.8 cm³/mol. The molecule has 0 saturated carbocycles. The van der Waals surface area contributed by atoms with Gasteiger partial charge >= 0.3 is 5.97 Å². The van der Waals surface area contributed by atoms with Crippen LogP contribution in [0, 0.1) is 5.92 Å². The molecule has 2 heterocycles. The summed E-state index contributed by atoms with van der Waals surface area (Å²) < 4.78 is 27.4. The molecule has 8 nitrogen and oxygen atoms in total. The molecule has 0 aliphatic carbocycles. The fourth-order valence-electron chi connectivity index (χ4n) is 2.06. The molecule has 19 heavy (non-hydrogen) atoms. The lowest BCUT2D eigenvalue weighted by atomic mass is 9.99. The summed E-state index contributed by atoms with van der Waals surface area (Å²) in [5.41, 5.74) is 0. The van der Waals surface area contributed by atoms with Crippen molar-refractivity contribution in [2.45, 2.75) is 17.9 Å². The molecular formula is C9H13BrN4O4S. The van der Waals surface area contributed by atoms with Gasteiger partial charge in [-0.15, -0.1) is 5.10 Å². The number of carbonyl (C=O) groups is 1. The summed E-state index contributed by atoms with van der Waals surface area (Å²) in [4.78, 5) is 10.8. The average molecular weight is 353 g/mol. The Labute approximate surface area is 118 Å². The Balaban J connectivity index is 2.21. The number of piperidine rings is 1. The summed E-state index contributed by atoms with van der Waals surface area (Å²) in [5.74, 6) is -1.35. The Kier molecular flexibility index (Phi) is 3.92. The maximum atomic E-state index is 12.4. The standard InChI is InChI=1S/C9H13BrN4O4S/c1-13-8(7(10)11-12-13)19(17,18)14-4-2-6(3-5-14)9(15)16/h6H,2-5H2,1H3,(H,15,16). The van der Waals surface area contributed by atoms with E-state index in [0.717, 1.165) is 0 Å². The van der Waals surface area contributed by atoms with Gasteiger partial charge in [-0.1, -0.05) is 5.21 Å². The quantitative estimate of drug-likeness (QED) is 0.824. The largest absolute Gasteiger partial charge is 0.481 e. The fourth-order valence-corrected chi connectivity index (χ4v) is 4.56. The summed E-state index contributed by atoms with van der Waals surface area (Å²) in [6.45, 7) is 0.383. The Bertz CT molecular complexity index is 572. The molecular weight excluding hydrogens is 340 g/mol. The zero-order chi connectivity index (χ0) is 14.2. The first-order chi connectivity index (χ1) is 8.84. The fraction of sp³-hybridized carbons (Fsp3) is 0.667. The second kappa shape index (κ2) is 5.17. The van der Waals surface area contributed by atoms with Crippen molar-refractivity contribution < 1.29 is 18.3 Å². The van der Waals surface area contributed by atoms with E-state index in [4.69, 9.17) is 5.11 Å². The molecule has 0 bridgehead atoms. The van der Waals surface area contributed by atoms with Crippen LogP contribution in [0.3, 0.4) is 0 Å². The van der Waals surface area contributed by atoms with Crippen LogP contribution in [0.1, 0.15) is 12.8 Å². The molecule has 1 aromatic rings. The van der Waals surface area contributed by atoms with E-state index in [9.17, 15) is 13.2 Å². The highest BCUT2D eigenvalue weighted by atomic mass is 79.9. The van der Waals surface area contributed by atoms with Crippen LogP contribution < -0.4 is 0 Å². The first kappa shape index (κ1) is 14.4. The highest BCUT2D eigenvalue weighted by Gasteiger charge is 2.35. The topological polar surface area (TPSA) is 105 Å². The zero-order valence-electron chi connectivity index (χ0n) is 10.2. The maximum absolute atomic E-state index is 12.4. The van der Waals surface area contributed by atoms with Crippen molar-refractivity contribution in [1.82, 2.24) is 19.3 Å². The second-order valence-corrected chi connectivity index (χ2v) is 6.93. The molecule has 0 aromatic carbocycles. The lowest BCUT2D eigenvalue weighted by Crippen LogP contribution is -2.40. The van der Waals surface area contributed by atoms with E-state index in [1.807, 2.05) is 0 Å². The Morgan fingerprint density at radius 3 is 2.42 bits per heavy atom. The van der Waals surface area contributed by atoms with Crippen LogP contribution in [-0.4, -0.2) is 51.9 Å². The van der Waals surface area contributed by atoms with Gasteiger partial charge in [0, 0.05) is 20.1 Å². The van der Waals surface area contributed by atoms with Gasteiger partial charge < -0.3 is 5.11 Å². The van der Waals surface area contributed by atoms with Gasteiger partial charge in [-0.2, -0.15) is 4.31 Å². The molecule has 0 spiro atoms. The number of aliphatic carboxylic acids is 1. The summed E-state index contributed by atoms with van der Waals surface area (Å²) in [6.07, 6.45) is 0.634. The molecule has 2 rings (SSSR count). The van der Waals surface area contributed by atoms with Crippen LogP contribution in [0.15, 0.2) is 9.63 Å². The average Bonchev–Trinajstić information content (AvgIpc) is 2.69. The van der Waals surface area contributed by atoms with Crippen LogP contribution >= 0.6 is 15.9 Å². The van der Waals surface area contributed by atoms with E-state index in [-0.39, 0.29) is 22.7 Å². The number of aromatic nitrogens is 3. The van der Waals surface area contributed by atoms with Crippen LogP contribution in [-0.2, 0) is 21.9 Å². The molecule has 0 radical (unpaired) electrons. The number of carboxylic acid groups (broad SMARTS) is 1. The second-order valence-electron chi connectivity index (χ2n) is 4.33. The van der Waals surface area contributed by atoms with Crippen molar-refractivity contribution in [2.75, 3.05) is 13.1 Å². The lowest BCUT2D eigenvalue weighted by molar-refractivity contribution is -0.142. The number of halogens is 1. The van der Waals surface area contributed by atoms with E-state index in [2.05, 4.69) is 26.2 Å². The first-order valence-corrected chi connectivity index (χ1v) is 7.85. The third-order valence-electron chi connectivity index (χ3n) is 3.12. The van der Waals surface area contributed by atoms with Gasteiger partial charge in [0.1, 0.15) is 0 Å². The molecule has 0 unspecified atom stereocenters. The van der Waals surface area contributed by atoms with E-state index >= 15 is 0 Å². The summed E-state index contributed by atoms with van der Waals surface area (Å²) in [5, 5.41) is 16.2. The number of carboxylic acids is 1. The molecule has 1 saturated heterocycles. The van der Waals surface area contributed by atoms with Crippen LogP contribution in [0.25, 0.3) is 0 Å². The smallest absolute Gasteiger partial charge is 0.306 e. The van der Waals surface area contributed by atoms with Crippen molar-refractivity contribution in [1.29, 1.82) is 0 Å². The monoisotopic (exact) mass is 352 g/mol. The van der Waals surface area contributed by atoms with Gasteiger partial charge in [0.2, 0.25) is 5.03 Å². The molecule has 1 aliphatic heterocycles. The van der Waals surface area contributed by atoms with Crippen molar-refractivity contribution in [3.8, 4) is 0 Å². The Morgan fingerprint density at radius 1 is 1.42 bits per heavy atom. The minimum atomic E-state index is -3.70. The Hall–Kier alpha value is -1.00. The molecule has 1 aliphatic rings. The molecule has 10 heteroatoms. The first-order valence-electron chi connectivity index (χ1n) is 5.62. The predicted octanol–water partition coefficient (Wildman–Crippen LogP) is 0.0629. The third kappa shape index (κ3) is 2.65. The molecule has 0 amide bonds. The molecule has 1 N–H and O–H groups in total. The highest BCUT2D eigenvalue weighted by Crippen LogP contribution is 2.26. The summed E-state index contributed by atoms with van der Waals surface area (Å²) >= 11 is 3.06. The van der Waals surface area contributed by atoms with Crippen molar-refractivity contribution in [3.05, 3.63) is 4.60 Å². The Morgan fingerprint density at radius 2 is 2.00 bits per heavy atom. The van der Waals surface area contributed by atoms with Gasteiger partial charge in [0.15, 0.2) is 4.60 Å². The minimum absolute atomic E-state index is 0.0127. The van der Waals surface area contributed by atoms with Crippen molar-refractivity contribution in [2.24, 2.45) is 13.0 Å². The maximum Gasteiger partial charge on any atom is 0.306 e. The molecule has 1 aromatic heterocycles. The van der Waals surface area contributed by atoms with Crippen LogP contribution in [0.2, 0.25) is 0 Å². The van der Waals surface area contributed by atoms with Crippen LogP contribution in [0.4, 0.5) is 0 Å². The molecule has 106 valence electrons. The number of hydrogen-bond acceptors (Lipinski definition) is 5. The van der Waals surface area contributed by atoms with E-state index in [1.54, 1.807) is 0 Å². The number of nitrogens with zero attached hydrogens (tertiary/aromatic N) is 4. The van der Waals surface area contributed by atoms with Gasteiger partial charge in [-0.25, -0.2) is 13.1 Å². The van der Waals surface area contributed by atoms with E-state index < -0.39 is 21.9 Å². The number of aryl methyl sites for hydroxylation is 1. The SMILES string of the molecule is Cn1nnc(Br)c1S(=O)(=O)N1CCC(C(=O)O)CC1. The van der Waals surface area contributed by atoms with Gasteiger partial charge in [0.05, 0.1) is 5.92 Å². The van der Waals surface area contributed by atoms with E-state index in [0.29, 0.717) is 12.8 Å². The third-order valence-corrected chi connectivity index (χ3v) is 5.91. The van der Waals surface area contributed by atoms with Crippen molar-refractivity contribution >= 4 is 31.9 Å². The lowest BCUT2D eigenvalue weighted by Gasteiger charge is -2.28. The summed E-state index contributed by atoms with van der Waals surface area (Å²) in [6, 6.07) is 0. The highest BCUT2D eigenvalue weighted by molar-refractivity contribution is 9.10. The summed E-state index contributed by atoms with van der Waals surface area (Å²) in [7, 11) is -2.20. The number of hydrogen-bond donors (Lipinski definition) is 1. The van der Waals surface area contributed by atoms with Gasteiger partial charge in [-0.05, 0) is 28.8 Å². The number of rotatable bonds is 3. The van der Waals surface area contributed by atoms with E-state index in [1.165, 1.54) is 16.0 Å². The zero-order valence-corrected chi connectivity index (χ0v) is 12.6. The van der Waals surface area contributed by atoms with Gasteiger partial charge in [0.25, 0.3) is 10.0 Å².